The summed E-state index contributed by atoms with van der Waals surface area (Å²) >= 11 is 0. The van der Waals surface area contributed by atoms with Crippen LogP contribution in [0.4, 0.5) is 18.9 Å². The Bertz CT molecular complexity index is 1640. The lowest BCUT2D eigenvalue weighted by Crippen LogP contribution is -2.28. The highest BCUT2D eigenvalue weighted by atomic mass is 19.4. The molecule has 0 unspecified atom stereocenters. The van der Waals surface area contributed by atoms with Crippen molar-refractivity contribution < 1.29 is 18.0 Å². The third-order valence-electron chi connectivity index (χ3n) is 6.04. The molecule has 0 fully saturated rings. The van der Waals surface area contributed by atoms with E-state index in [0.717, 1.165) is 22.9 Å². The average molecular weight is 509 g/mol. The van der Waals surface area contributed by atoms with Crippen LogP contribution in [0.25, 0.3) is 16.9 Å². The Balaban J connectivity index is 1.84. The second kappa shape index (κ2) is 9.41. The van der Waals surface area contributed by atoms with Gasteiger partial charge in [0.1, 0.15) is 0 Å². The van der Waals surface area contributed by atoms with Crippen molar-refractivity contribution in [2.45, 2.75) is 19.0 Å². The number of pyridine rings is 1. The molecule has 4 rings (SSSR count). The molecular formula is C26H22F3N5O3. The summed E-state index contributed by atoms with van der Waals surface area (Å²) in [5.41, 5.74) is 10.7. The largest absolute Gasteiger partial charge is 0.416 e. The molecule has 0 radical (unpaired) electrons. The van der Waals surface area contributed by atoms with Crippen molar-refractivity contribution in [3.8, 4) is 16.9 Å². The molecule has 0 saturated heterocycles. The van der Waals surface area contributed by atoms with Gasteiger partial charge in [-0.1, -0.05) is 25.1 Å². The number of hydrogen-bond donors (Lipinski definition) is 2. The zero-order chi connectivity index (χ0) is 27.1. The molecule has 190 valence electrons. The number of anilines is 1. The first-order valence-corrected chi connectivity index (χ1v) is 11.1. The van der Waals surface area contributed by atoms with Gasteiger partial charge in [0.05, 0.1) is 16.9 Å². The Morgan fingerprint density at radius 3 is 2.35 bits per heavy atom. The van der Waals surface area contributed by atoms with Gasteiger partial charge < -0.3 is 16.0 Å². The number of benzene rings is 2. The third-order valence-corrected chi connectivity index (χ3v) is 6.04. The first-order chi connectivity index (χ1) is 17.4. The standard InChI is InChI=1S/C26H22F3N5O3/c1-14(16-9-17(26(27,28)29)12-18(30)10-16)20-13-23(36)34(32-24(20)25(31)37)19-6-3-5-15(11-19)21-7-4-8-22(35)33(21)2/h3-14H,30H2,1-2H3,(H2,31,37)/t14-/m1/s1. The van der Waals surface area contributed by atoms with Crippen LogP contribution in [0.1, 0.15) is 40.0 Å². The topological polar surface area (TPSA) is 126 Å². The van der Waals surface area contributed by atoms with E-state index in [1.54, 1.807) is 43.4 Å². The molecule has 4 N–H and O–H groups in total. The Kier molecular flexibility index (Phi) is 6.47. The number of hydrogen-bond acceptors (Lipinski definition) is 5. The smallest absolute Gasteiger partial charge is 0.399 e. The van der Waals surface area contributed by atoms with Crippen LogP contribution < -0.4 is 22.6 Å². The summed E-state index contributed by atoms with van der Waals surface area (Å²) in [6.45, 7) is 1.53. The van der Waals surface area contributed by atoms with Crippen molar-refractivity contribution in [3.05, 3.63) is 110 Å². The second-order valence-corrected chi connectivity index (χ2v) is 8.53. The van der Waals surface area contributed by atoms with Gasteiger partial charge in [0.2, 0.25) is 0 Å². The van der Waals surface area contributed by atoms with Crippen molar-refractivity contribution >= 4 is 11.6 Å². The zero-order valence-electron chi connectivity index (χ0n) is 19.8. The minimum atomic E-state index is -4.63. The van der Waals surface area contributed by atoms with E-state index >= 15 is 0 Å². The summed E-state index contributed by atoms with van der Waals surface area (Å²) in [4.78, 5) is 37.4. The van der Waals surface area contributed by atoms with Gasteiger partial charge in [-0.2, -0.15) is 23.0 Å². The number of alkyl halides is 3. The molecule has 0 spiro atoms. The minimum Gasteiger partial charge on any atom is -0.399 e. The van der Waals surface area contributed by atoms with E-state index in [9.17, 15) is 27.6 Å². The van der Waals surface area contributed by atoms with Gasteiger partial charge >= 0.3 is 6.18 Å². The van der Waals surface area contributed by atoms with E-state index in [2.05, 4.69) is 5.10 Å². The molecule has 1 atom stereocenters. The Labute approximate surface area is 208 Å². The predicted molar refractivity (Wildman–Crippen MR) is 132 cm³/mol. The minimum absolute atomic E-state index is 0.0640. The molecule has 2 heterocycles. The fourth-order valence-electron chi connectivity index (χ4n) is 4.10. The summed E-state index contributed by atoms with van der Waals surface area (Å²) < 4.78 is 42.4. The summed E-state index contributed by atoms with van der Waals surface area (Å²) in [6, 6.07) is 15.5. The SMILES string of the molecule is C[C@H](c1cc(N)cc(C(F)(F)F)c1)c1cc(=O)n(-c2cccc(-c3cccc(=O)n3C)c2)nc1C(N)=O. The van der Waals surface area contributed by atoms with Crippen molar-refractivity contribution in [1.29, 1.82) is 0 Å². The highest BCUT2D eigenvalue weighted by Gasteiger charge is 2.32. The van der Waals surface area contributed by atoms with Gasteiger partial charge in [0.15, 0.2) is 5.69 Å². The van der Waals surface area contributed by atoms with Gasteiger partial charge in [0, 0.05) is 36.3 Å². The van der Waals surface area contributed by atoms with Crippen LogP contribution in [0.15, 0.2) is 76.3 Å². The van der Waals surface area contributed by atoms with Gasteiger partial charge in [-0.05, 0) is 47.5 Å². The van der Waals surface area contributed by atoms with Crippen LogP contribution in [0.2, 0.25) is 0 Å². The molecule has 4 aromatic rings. The van der Waals surface area contributed by atoms with E-state index in [4.69, 9.17) is 11.5 Å². The molecule has 11 heteroatoms. The van der Waals surface area contributed by atoms with E-state index in [-0.39, 0.29) is 28.1 Å². The maximum absolute atomic E-state index is 13.3. The van der Waals surface area contributed by atoms with Crippen LogP contribution in [-0.2, 0) is 13.2 Å². The maximum Gasteiger partial charge on any atom is 0.416 e. The monoisotopic (exact) mass is 509 g/mol. The number of nitrogen functional groups attached to an aromatic ring is 1. The normalized spacial score (nSPS) is 12.4. The predicted octanol–water partition coefficient (Wildman–Crippen LogP) is 3.45. The first kappa shape index (κ1) is 25.4. The van der Waals surface area contributed by atoms with Crippen LogP contribution in [-0.4, -0.2) is 20.3 Å². The Morgan fingerprint density at radius 1 is 0.973 bits per heavy atom. The van der Waals surface area contributed by atoms with E-state index in [1.165, 1.54) is 23.6 Å². The van der Waals surface area contributed by atoms with Crippen molar-refractivity contribution in [2.75, 3.05) is 5.73 Å². The molecule has 0 aliphatic rings. The summed E-state index contributed by atoms with van der Waals surface area (Å²) in [5.74, 6) is -1.82. The Hall–Kier alpha value is -4.67. The average Bonchev–Trinajstić information content (AvgIpc) is 2.84. The summed E-state index contributed by atoms with van der Waals surface area (Å²) in [7, 11) is 1.61. The number of halogens is 3. The third kappa shape index (κ3) is 5.01. The number of nitrogens with zero attached hydrogens (tertiary/aromatic N) is 3. The maximum atomic E-state index is 13.3. The van der Waals surface area contributed by atoms with Gasteiger partial charge in [0.25, 0.3) is 17.0 Å². The lowest BCUT2D eigenvalue weighted by Gasteiger charge is -2.18. The number of rotatable bonds is 5. The molecule has 0 saturated carbocycles. The number of primary amides is 1. The molecule has 0 aliphatic carbocycles. The number of amides is 1. The zero-order valence-corrected chi connectivity index (χ0v) is 19.8. The number of carbonyl (C=O) groups excluding carboxylic acids is 1. The number of aromatic nitrogens is 3. The molecule has 0 bridgehead atoms. The number of carbonyl (C=O) groups is 1. The highest BCUT2D eigenvalue weighted by Crippen LogP contribution is 2.35. The van der Waals surface area contributed by atoms with Crippen molar-refractivity contribution in [3.63, 3.8) is 0 Å². The van der Waals surface area contributed by atoms with E-state index in [0.29, 0.717) is 16.9 Å². The molecule has 0 aliphatic heterocycles. The van der Waals surface area contributed by atoms with E-state index < -0.39 is 29.1 Å². The van der Waals surface area contributed by atoms with Crippen LogP contribution in [0, 0.1) is 0 Å². The lowest BCUT2D eigenvalue weighted by atomic mass is 9.90. The van der Waals surface area contributed by atoms with Gasteiger partial charge in [-0.15, -0.1) is 0 Å². The quantitative estimate of drug-likeness (QED) is 0.399. The Morgan fingerprint density at radius 2 is 1.68 bits per heavy atom. The van der Waals surface area contributed by atoms with Crippen LogP contribution in [0.5, 0.6) is 0 Å². The molecule has 37 heavy (non-hydrogen) atoms. The van der Waals surface area contributed by atoms with Crippen LogP contribution >= 0.6 is 0 Å². The van der Waals surface area contributed by atoms with Gasteiger partial charge in [-0.3, -0.25) is 14.4 Å². The van der Waals surface area contributed by atoms with Crippen molar-refractivity contribution in [1.82, 2.24) is 14.3 Å². The van der Waals surface area contributed by atoms with Crippen molar-refractivity contribution in [2.24, 2.45) is 12.8 Å². The molecule has 8 nitrogen and oxygen atoms in total. The molecule has 1 amide bonds. The summed E-state index contributed by atoms with van der Waals surface area (Å²) in [5, 5.41) is 4.16. The fourth-order valence-corrected chi connectivity index (χ4v) is 4.10. The lowest BCUT2D eigenvalue weighted by molar-refractivity contribution is -0.137. The second-order valence-electron chi connectivity index (χ2n) is 8.53. The molecule has 2 aromatic carbocycles. The van der Waals surface area contributed by atoms with Crippen LogP contribution in [0.3, 0.4) is 0 Å². The first-order valence-electron chi connectivity index (χ1n) is 11.1. The fraction of sp³-hybridized carbons (Fsp3) is 0.154. The number of nitrogens with two attached hydrogens (primary N) is 2. The molecular weight excluding hydrogens is 487 g/mol. The van der Waals surface area contributed by atoms with E-state index in [1.807, 2.05) is 0 Å². The highest BCUT2D eigenvalue weighted by molar-refractivity contribution is 5.92. The molecule has 2 aromatic heterocycles. The van der Waals surface area contributed by atoms with Gasteiger partial charge in [-0.25, -0.2) is 0 Å². The summed E-state index contributed by atoms with van der Waals surface area (Å²) in [6.07, 6.45) is -4.63.